The summed E-state index contributed by atoms with van der Waals surface area (Å²) in [5, 5.41) is 46.7. The lowest BCUT2D eigenvalue weighted by Crippen LogP contribution is -2.62. The second kappa shape index (κ2) is 15.4. The predicted molar refractivity (Wildman–Crippen MR) is 174 cm³/mol. The number of fused-ring (bicyclic) bond motifs is 2. The van der Waals surface area contributed by atoms with Gasteiger partial charge in [-0.1, -0.05) is 37.1 Å². The van der Waals surface area contributed by atoms with E-state index in [1.807, 2.05) is 20.8 Å². The summed E-state index contributed by atoms with van der Waals surface area (Å²) < 4.78 is 35.1. The third-order valence-electron chi connectivity index (χ3n) is 10.8. The number of hydrogen-bond acceptors (Lipinski definition) is 12. The summed E-state index contributed by atoms with van der Waals surface area (Å²) in [5.74, 6) is -1.70. The lowest BCUT2D eigenvalue weighted by atomic mass is 9.68. The van der Waals surface area contributed by atoms with Gasteiger partial charge in [-0.05, 0) is 57.4 Å². The van der Waals surface area contributed by atoms with Gasteiger partial charge in [-0.25, -0.2) is 0 Å². The number of esters is 2. The number of aliphatic hydroxyl groups excluding tert-OH is 4. The van der Waals surface area contributed by atoms with Gasteiger partial charge >= 0.3 is 11.9 Å². The van der Waals surface area contributed by atoms with Gasteiger partial charge in [0.05, 0.1) is 37.6 Å². The van der Waals surface area contributed by atoms with E-state index >= 15 is 0 Å². The number of carbonyl (C=O) groups excluding carboxylic acids is 2. The molecule has 0 aromatic rings. The second-order valence-corrected chi connectivity index (χ2v) is 14.7. The van der Waals surface area contributed by atoms with E-state index in [2.05, 4.69) is 12.7 Å². The predicted octanol–water partition coefficient (Wildman–Crippen LogP) is 2.61. The van der Waals surface area contributed by atoms with E-state index in [-0.39, 0.29) is 43.3 Å². The molecule has 4 N–H and O–H groups in total. The molecule has 0 spiro atoms. The molecule has 1 heterocycles. The Bertz CT molecular complexity index is 1240. The van der Waals surface area contributed by atoms with Gasteiger partial charge in [0, 0.05) is 38.2 Å². The zero-order chi connectivity index (χ0) is 35.7. The Kier molecular flexibility index (Phi) is 12.4. The van der Waals surface area contributed by atoms with Crippen LogP contribution in [0.4, 0.5) is 0 Å². The molecule has 13 atom stereocenters. The summed E-state index contributed by atoms with van der Waals surface area (Å²) in [6, 6.07) is 0. The molecule has 1 aliphatic heterocycles. The van der Waals surface area contributed by atoms with Gasteiger partial charge in [0.25, 0.3) is 0 Å². The summed E-state index contributed by atoms with van der Waals surface area (Å²) >= 11 is 0. The third-order valence-corrected chi connectivity index (χ3v) is 10.8. The first kappa shape index (κ1) is 38.6. The number of methoxy groups -OCH3 is 1. The fraction of sp³-hybridized carbons (Fsp3) is 0.778. The molecule has 0 unspecified atom stereocenters. The summed E-state index contributed by atoms with van der Waals surface area (Å²) in [4.78, 5) is 23.8. The molecule has 1 saturated carbocycles. The first-order chi connectivity index (χ1) is 22.4. The smallest absolute Gasteiger partial charge is 0.303 e. The van der Waals surface area contributed by atoms with E-state index in [0.717, 1.165) is 24.0 Å². The van der Waals surface area contributed by atoms with Crippen molar-refractivity contribution in [3.63, 3.8) is 0 Å². The van der Waals surface area contributed by atoms with E-state index in [1.54, 1.807) is 27.0 Å². The Hall–Kier alpha value is -2.16. The van der Waals surface area contributed by atoms with Gasteiger partial charge < -0.3 is 48.8 Å². The SMILES string of the molecule is C=CC(C)(C)OC[C@@H]1O[C@H](O[C@@H]2C3=C([C@H](C)COC(C)=O)C[C@H](O)[C@@]3(C)C=C3[C@@H](COC)CC[C@@H]3[C@H](C)[C@@H]2O)[C@@H](O)[C@H](OC(C)=O)[C@H]1O. The van der Waals surface area contributed by atoms with Crippen molar-refractivity contribution in [1.82, 2.24) is 0 Å². The number of ether oxygens (including phenoxy) is 6. The molecule has 1 saturated heterocycles. The van der Waals surface area contributed by atoms with Crippen LogP contribution in [0, 0.1) is 29.1 Å². The van der Waals surface area contributed by atoms with E-state index in [1.165, 1.54) is 13.8 Å². The molecule has 0 bridgehead atoms. The highest BCUT2D eigenvalue weighted by Gasteiger charge is 2.56. The summed E-state index contributed by atoms with van der Waals surface area (Å²) in [7, 11) is 1.66. The Morgan fingerprint density at radius 1 is 1.10 bits per heavy atom. The molecule has 2 fully saturated rings. The maximum Gasteiger partial charge on any atom is 0.303 e. The molecule has 0 aromatic heterocycles. The molecule has 12 nitrogen and oxygen atoms in total. The van der Waals surface area contributed by atoms with Crippen LogP contribution in [0.3, 0.4) is 0 Å². The number of carbonyl (C=O) groups is 2. The van der Waals surface area contributed by atoms with Crippen molar-refractivity contribution >= 4 is 11.9 Å². The fourth-order valence-electron chi connectivity index (χ4n) is 7.88. The summed E-state index contributed by atoms with van der Waals surface area (Å²) in [5.41, 5.74) is 0.746. The lowest BCUT2D eigenvalue weighted by Gasteiger charge is -2.47. The zero-order valence-electron chi connectivity index (χ0n) is 29.6. The molecule has 0 aromatic carbocycles. The van der Waals surface area contributed by atoms with Gasteiger partial charge in [-0.2, -0.15) is 0 Å². The van der Waals surface area contributed by atoms with Crippen molar-refractivity contribution in [2.75, 3.05) is 26.9 Å². The molecule has 4 rings (SSSR count). The Morgan fingerprint density at radius 2 is 1.79 bits per heavy atom. The minimum absolute atomic E-state index is 0.0190. The normalized spacial score (nSPS) is 39.1. The largest absolute Gasteiger partial charge is 0.465 e. The van der Waals surface area contributed by atoms with Gasteiger partial charge in [0.15, 0.2) is 12.4 Å². The van der Waals surface area contributed by atoms with Crippen LogP contribution in [0.2, 0.25) is 0 Å². The van der Waals surface area contributed by atoms with Crippen LogP contribution in [0.25, 0.3) is 0 Å². The third kappa shape index (κ3) is 7.91. The van der Waals surface area contributed by atoms with Crippen molar-refractivity contribution in [2.45, 2.75) is 122 Å². The number of rotatable bonds is 12. The molecule has 3 aliphatic carbocycles. The Balaban J connectivity index is 1.82. The van der Waals surface area contributed by atoms with E-state index in [4.69, 9.17) is 28.4 Å². The van der Waals surface area contributed by atoms with E-state index in [9.17, 15) is 30.0 Å². The van der Waals surface area contributed by atoms with Crippen molar-refractivity contribution in [3.8, 4) is 0 Å². The van der Waals surface area contributed by atoms with Crippen LogP contribution >= 0.6 is 0 Å². The first-order valence-corrected chi connectivity index (χ1v) is 17.0. The Morgan fingerprint density at radius 3 is 2.40 bits per heavy atom. The van der Waals surface area contributed by atoms with Gasteiger partial charge in [-0.15, -0.1) is 6.58 Å². The van der Waals surface area contributed by atoms with Gasteiger partial charge in [-0.3, -0.25) is 9.59 Å². The molecule has 272 valence electrons. The van der Waals surface area contributed by atoms with E-state index < -0.39 is 72.0 Å². The van der Waals surface area contributed by atoms with Crippen LogP contribution in [0.15, 0.2) is 35.5 Å². The quantitative estimate of drug-likeness (QED) is 0.176. The highest BCUT2D eigenvalue weighted by molar-refractivity contribution is 5.66. The minimum atomic E-state index is -1.63. The number of aliphatic hydroxyl groups is 4. The fourth-order valence-corrected chi connectivity index (χ4v) is 7.88. The lowest BCUT2D eigenvalue weighted by molar-refractivity contribution is -0.320. The molecular formula is C36H56O12. The Labute approximate surface area is 284 Å². The van der Waals surface area contributed by atoms with Crippen molar-refractivity contribution in [2.24, 2.45) is 29.1 Å². The second-order valence-electron chi connectivity index (χ2n) is 14.7. The summed E-state index contributed by atoms with van der Waals surface area (Å²) in [6.45, 7) is 16.0. The first-order valence-electron chi connectivity index (χ1n) is 17.0. The average molecular weight is 681 g/mol. The van der Waals surface area contributed by atoms with Crippen LogP contribution < -0.4 is 0 Å². The molecule has 4 aliphatic rings. The summed E-state index contributed by atoms with van der Waals surface area (Å²) in [6.07, 6.45) is -4.54. The molecule has 12 heteroatoms. The van der Waals surface area contributed by atoms with Crippen molar-refractivity contribution < 1.29 is 58.4 Å². The minimum Gasteiger partial charge on any atom is -0.465 e. The highest BCUT2D eigenvalue weighted by atomic mass is 16.7. The molecule has 48 heavy (non-hydrogen) atoms. The van der Waals surface area contributed by atoms with Crippen LogP contribution in [0.1, 0.15) is 67.7 Å². The monoisotopic (exact) mass is 680 g/mol. The number of hydrogen-bond donors (Lipinski definition) is 4. The van der Waals surface area contributed by atoms with Gasteiger partial charge in [0.2, 0.25) is 0 Å². The van der Waals surface area contributed by atoms with Crippen molar-refractivity contribution in [1.29, 1.82) is 0 Å². The molecule has 0 radical (unpaired) electrons. The van der Waals surface area contributed by atoms with Crippen LogP contribution in [-0.4, -0.2) is 114 Å². The van der Waals surface area contributed by atoms with Gasteiger partial charge in [0.1, 0.15) is 24.4 Å². The van der Waals surface area contributed by atoms with E-state index in [0.29, 0.717) is 12.2 Å². The van der Waals surface area contributed by atoms with Crippen molar-refractivity contribution in [3.05, 3.63) is 35.5 Å². The highest BCUT2D eigenvalue weighted by Crippen LogP contribution is 2.56. The maximum absolute atomic E-state index is 12.3. The average Bonchev–Trinajstić information content (AvgIpc) is 3.52. The topological polar surface area (TPSA) is 170 Å². The standard InChI is InChI=1S/C36H56O12/c1-10-35(6,7)45-17-26-30(41)33(46-21(5)38)31(42)34(47-26)48-32-28-24(18(2)15-44-20(4)37)13-27(39)36(28,8)14-25-22(16-43-9)11-12-23(25)19(3)29(32)40/h10,14,18-19,22-23,26-27,29-34,39-42H,1,11-13,15-17H2,2-9H3/t18-,19+,22-,23-,26+,27+,29+,30+,31+,32-,33-,34-,36-/m1/s1. The zero-order valence-corrected chi connectivity index (χ0v) is 29.6. The molecular weight excluding hydrogens is 624 g/mol. The van der Waals surface area contributed by atoms with Crippen LogP contribution in [-0.2, 0) is 38.0 Å². The molecule has 0 amide bonds. The maximum atomic E-state index is 12.3. The van der Waals surface area contributed by atoms with Crippen LogP contribution in [0.5, 0.6) is 0 Å².